The molecule has 1 nitrogen and oxygen atoms in total. The van der Waals surface area contributed by atoms with Crippen molar-refractivity contribution in [2.75, 3.05) is 4.95 Å². The molecular weight excluding hydrogens is 280 g/mol. The molecule has 1 unspecified atom stereocenters. The lowest BCUT2D eigenvalue weighted by molar-refractivity contribution is 0.263. The van der Waals surface area contributed by atoms with Gasteiger partial charge in [0.2, 0.25) is 0 Å². The zero-order valence-corrected chi connectivity index (χ0v) is 12.7. The van der Waals surface area contributed by atoms with E-state index in [2.05, 4.69) is 60.2 Å². The summed E-state index contributed by atoms with van der Waals surface area (Å²) in [6.07, 6.45) is 4.41. The van der Waals surface area contributed by atoms with E-state index >= 15 is 0 Å². The van der Waals surface area contributed by atoms with Gasteiger partial charge in [-0.1, -0.05) is 58.4 Å². The molecule has 0 heterocycles. The molecule has 0 aliphatic heterocycles. The van der Waals surface area contributed by atoms with E-state index in [9.17, 15) is 0 Å². The minimum atomic E-state index is -1.51. The van der Waals surface area contributed by atoms with E-state index in [4.69, 9.17) is 4.43 Å². The van der Waals surface area contributed by atoms with Crippen LogP contribution >= 0.6 is 15.9 Å². The molecule has 1 aromatic carbocycles. The zero-order chi connectivity index (χ0) is 12.0. The molecule has 16 heavy (non-hydrogen) atoms. The van der Waals surface area contributed by atoms with Crippen molar-refractivity contribution in [1.29, 1.82) is 0 Å². The van der Waals surface area contributed by atoms with Gasteiger partial charge in [0.25, 0.3) is 0 Å². The third-order valence-corrected chi connectivity index (χ3v) is 7.89. The van der Waals surface area contributed by atoms with Crippen LogP contribution in [0, 0.1) is 0 Å². The molecule has 0 bridgehead atoms. The van der Waals surface area contributed by atoms with Crippen molar-refractivity contribution in [2.45, 2.75) is 26.1 Å². The molecule has 0 radical (unpaired) electrons. The van der Waals surface area contributed by atoms with E-state index < -0.39 is 8.32 Å². The maximum atomic E-state index is 6.01. The summed E-state index contributed by atoms with van der Waals surface area (Å²) < 4.78 is 6.01. The molecule has 0 fully saturated rings. The number of rotatable bonds is 5. The topological polar surface area (TPSA) is 9.23 Å². The zero-order valence-electron chi connectivity index (χ0n) is 10.1. The highest BCUT2D eigenvalue weighted by Crippen LogP contribution is 2.12. The molecule has 3 heteroatoms. The van der Waals surface area contributed by atoms with Crippen molar-refractivity contribution in [2.24, 2.45) is 0 Å². The van der Waals surface area contributed by atoms with Crippen molar-refractivity contribution < 1.29 is 4.43 Å². The van der Waals surface area contributed by atoms with E-state index in [-0.39, 0.29) is 6.10 Å². The predicted molar refractivity (Wildman–Crippen MR) is 77.3 cm³/mol. The highest BCUT2D eigenvalue weighted by molar-refractivity contribution is 9.09. The Morgan fingerprint density at radius 1 is 1.31 bits per heavy atom. The predicted octanol–water partition coefficient (Wildman–Crippen LogP) is 4.24. The van der Waals surface area contributed by atoms with Crippen molar-refractivity contribution in [1.82, 2.24) is 0 Å². The van der Waals surface area contributed by atoms with Crippen molar-refractivity contribution in [3.63, 3.8) is 0 Å². The standard InChI is InChI=1S/C13H19BrOSi/c1-12(15-16(2,3)11-14)9-10-13-7-5-4-6-8-13/h4-10,12H,11H2,1-3H3/b10-9+. The number of hydrogen-bond acceptors (Lipinski definition) is 1. The summed E-state index contributed by atoms with van der Waals surface area (Å²) in [4.78, 5) is 0.976. The van der Waals surface area contributed by atoms with Gasteiger partial charge >= 0.3 is 0 Å². The number of benzene rings is 1. The first-order valence-corrected chi connectivity index (χ1v) is 9.74. The van der Waals surface area contributed by atoms with Crippen LogP contribution in [0.15, 0.2) is 36.4 Å². The Morgan fingerprint density at radius 2 is 1.94 bits per heavy atom. The van der Waals surface area contributed by atoms with Gasteiger partial charge in [-0.25, -0.2) is 0 Å². The van der Waals surface area contributed by atoms with Gasteiger partial charge in [0.15, 0.2) is 8.32 Å². The van der Waals surface area contributed by atoms with Gasteiger partial charge in [0, 0.05) is 4.95 Å². The summed E-state index contributed by atoms with van der Waals surface area (Å²) in [5.74, 6) is 0. The van der Waals surface area contributed by atoms with E-state index in [0.29, 0.717) is 0 Å². The molecule has 0 spiro atoms. The van der Waals surface area contributed by atoms with Crippen molar-refractivity contribution >= 4 is 30.3 Å². The summed E-state index contributed by atoms with van der Waals surface area (Å²) in [5, 5.41) is 0. The Kier molecular flexibility index (Phi) is 5.45. The SMILES string of the molecule is CC(/C=C/c1ccccc1)O[Si](C)(C)CBr. The van der Waals surface area contributed by atoms with E-state index in [1.165, 1.54) is 5.56 Å². The average molecular weight is 299 g/mol. The molecular formula is C13H19BrOSi. The van der Waals surface area contributed by atoms with E-state index in [1.807, 2.05) is 18.2 Å². The number of alkyl halides is 1. The fourth-order valence-electron chi connectivity index (χ4n) is 1.38. The Balaban J connectivity index is 2.52. The van der Waals surface area contributed by atoms with E-state index in [0.717, 1.165) is 4.95 Å². The van der Waals surface area contributed by atoms with Crippen LogP contribution in [-0.4, -0.2) is 19.4 Å². The third kappa shape index (κ3) is 5.10. The molecule has 1 atom stereocenters. The molecule has 88 valence electrons. The van der Waals surface area contributed by atoms with Crippen LogP contribution in [0.4, 0.5) is 0 Å². The summed E-state index contributed by atoms with van der Waals surface area (Å²) in [7, 11) is -1.51. The second-order valence-electron chi connectivity index (χ2n) is 4.49. The molecule has 0 aliphatic rings. The van der Waals surface area contributed by atoms with Crippen LogP contribution in [0.1, 0.15) is 12.5 Å². The molecule has 0 amide bonds. The van der Waals surface area contributed by atoms with Crippen LogP contribution < -0.4 is 0 Å². The van der Waals surface area contributed by atoms with Crippen LogP contribution in [-0.2, 0) is 4.43 Å². The Morgan fingerprint density at radius 3 is 2.50 bits per heavy atom. The van der Waals surface area contributed by atoms with Crippen LogP contribution in [0.3, 0.4) is 0 Å². The van der Waals surface area contributed by atoms with Crippen LogP contribution in [0.2, 0.25) is 13.1 Å². The molecule has 0 saturated heterocycles. The minimum Gasteiger partial charge on any atom is -0.411 e. The Hall–Kier alpha value is -0.383. The van der Waals surface area contributed by atoms with Gasteiger partial charge in [0.1, 0.15) is 0 Å². The maximum absolute atomic E-state index is 6.01. The van der Waals surface area contributed by atoms with Gasteiger partial charge in [-0.15, -0.1) is 0 Å². The Bertz CT molecular complexity index is 335. The fourth-order valence-corrected chi connectivity index (χ4v) is 2.93. The molecule has 0 N–H and O–H groups in total. The molecule has 0 saturated carbocycles. The molecule has 0 aromatic heterocycles. The lowest BCUT2D eigenvalue weighted by Gasteiger charge is -2.23. The fraction of sp³-hybridized carbons (Fsp3) is 0.385. The van der Waals surface area contributed by atoms with Gasteiger partial charge in [-0.2, -0.15) is 0 Å². The summed E-state index contributed by atoms with van der Waals surface area (Å²) >= 11 is 3.51. The first-order valence-electron chi connectivity index (χ1n) is 5.50. The van der Waals surface area contributed by atoms with Gasteiger partial charge < -0.3 is 4.43 Å². The summed E-state index contributed by atoms with van der Waals surface area (Å²) in [6.45, 7) is 6.53. The largest absolute Gasteiger partial charge is 0.411 e. The monoisotopic (exact) mass is 298 g/mol. The number of hydrogen-bond donors (Lipinski definition) is 0. The normalized spacial score (nSPS) is 14.2. The van der Waals surface area contributed by atoms with E-state index in [1.54, 1.807) is 0 Å². The average Bonchev–Trinajstić information content (AvgIpc) is 2.27. The van der Waals surface area contributed by atoms with Gasteiger partial charge in [0.05, 0.1) is 6.10 Å². The number of halogens is 1. The second kappa shape index (κ2) is 6.38. The summed E-state index contributed by atoms with van der Waals surface area (Å²) in [5.41, 5.74) is 1.22. The van der Waals surface area contributed by atoms with Crippen molar-refractivity contribution in [3.05, 3.63) is 42.0 Å². The maximum Gasteiger partial charge on any atom is 0.197 e. The first-order chi connectivity index (χ1) is 7.53. The lowest BCUT2D eigenvalue weighted by Crippen LogP contribution is -2.36. The highest BCUT2D eigenvalue weighted by atomic mass is 79.9. The molecule has 1 rings (SSSR count). The molecule has 1 aromatic rings. The summed E-state index contributed by atoms with van der Waals surface area (Å²) in [6, 6.07) is 10.3. The quantitative estimate of drug-likeness (QED) is 0.583. The lowest BCUT2D eigenvalue weighted by atomic mass is 10.2. The Labute approximate surface area is 108 Å². The molecule has 0 aliphatic carbocycles. The first kappa shape index (κ1) is 13.7. The highest BCUT2D eigenvalue weighted by Gasteiger charge is 2.22. The van der Waals surface area contributed by atoms with Crippen LogP contribution in [0.5, 0.6) is 0 Å². The minimum absolute atomic E-state index is 0.180. The van der Waals surface area contributed by atoms with Crippen LogP contribution in [0.25, 0.3) is 6.08 Å². The van der Waals surface area contributed by atoms with Gasteiger partial charge in [-0.3, -0.25) is 0 Å². The smallest absolute Gasteiger partial charge is 0.197 e. The van der Waals surface area contributed by atoms with Crippen molar-refractivity contribution in [3.8, 4) is 0 Å². The third-order valence-electron chi connectivity index (χ3n) is 2.19. The van der Waals surface area contributed by atoms with Gasteiger partial charge in [-0.05, 0) is 25.6 Å². The second-order valence-corrected chi connectivity index (χ2v) is 10.2.